The minimum Gasteiger partial charge on any atom is -1.00 e. The maximum atomic E-state index is 12.7. The van der Waals surface area contributed by atoms with Crippen LogP contribution in [0, 0.1) is 0 Å². The third-order valence-electron chi connectivity index (χ3n) is 4.47. The van der Waals surface area contributed by atoms with Gasteiger partial charge in [-0.1, -0.05) is 25.5 Å². The molecule has 0 spiro atoms. The molecular formula is C20H24BrN3O2. The molecule has 6 heteroatoms. The number of nitrogens with two attached hydrogens (primary N) is 1. The van der Waals surface area contributed by atoms with E-state index in [1.165, 1.54) is 0 Å². The summed E-state index contributed by atoms with van der Waals surface area (Å²) in [6, 6.07) is 15.2. The summed E-state index contributed by atoms with van der Waals surface area (Å²) >= 11 is 0. The molecule has 0 radical (unpaired) electrons. The van der Waals surface area contributed by atoms with Gasteiger partial charge in [-0.05, 0) is 42.8 Å². The summed E-state index contributed by atoms with van der Waals surface area (Å²) in [4.78, 5) is 12.7. The van der Waals surface area contributed by atoms with Gasteiger partial charge in [0.25, 0.3) is 0 Å². The van der Waals surface area contributed by atoms with Gasteiger partial charge in [0, 0.05) is 5.56 Å². The highest BCUT2D eigenvalue weighted by molar-refractivity contribution is 5.95. The number of para-hydroxylation sites is 2. The number of methoxy groups -OCH3 is 1. The molecule has 0 bridgehead atoms. The van der Waals surface area contributed by atoms with Gasteiger partial charge in [0.2, 0.25) is 0 Å². The summed E-state index contributed by atoms with van der Waals surface area (Å²) < 4.78 is 9.14. The summed E-state index contributed by atoms with van der Waals surface area (Å²) in [5.74, 6) is 1.38. The number of anilines is 1. The number of ketones is 1. The van der Waals surface area contributed by atoms with Gasteiger partial charge in [0.1, 0.15) is 23.3 Å². The van der Waals surface area contributed by atoms with Crippen molar-refractivity contribution in [3.63, 3.8) is 0 Å². The lowest BCUT2D eigenvalue weighted by Crippen LogP contribution is -3.00. The molecule has 0 aliphatic carbocycles. The van der Waals surface area contributed by atoms with E-state index in [0.29, 0.717) is 11.5 Å². The summed E-state index contributed by atoms with van der Waals surface area (Å²) in [5.41, 5.74) is 9.08. The molecule has 2 N–H and O–H groups in total. The van der Waals surface area contributed by atoms with Gasteiger partial charge in [0.05, 0.1) is 13.7 Å². The standard InChI is InChI=1S/C20H23N3O2.BrH/c1-3-4-13-22-17-7-5-6-8-18(17)23(20(22)21)14-19(24)15-9-11-16(25-2)12-10-15;/h5-12,21H,3-4,13-14H2,1-2H3;1H. The largest absolute Gasteiger partial charge is 1.00 e. The number of rotatable bonds is 7. The van der Waals surface area contributed by atoms with Crippen LogP contribution in [0.4, 0.5) is 5.95 Å². The minimum absolute atomic E-state index is 0. The fourth-order valence-corrected chi connectivity index (χ4v) is 3.04. The van der Waals surface area contributed by atoms with Gasteiger partial charge >= 0.3 is 5.95 Å². The third-order valence-corrected chi connectivity index (χ3v) is 4.47. The van der Waals surface area contributed by atoms with Crippen molar-refractivity contribution in [1.29, 1.82) is 0 Å². The summed E-state index contributed by atoms with van der Waals surface area (Å²) in [6.07, 6.45) is 2.14. The molecule has 0 fully saturated rings. The van der Waals surface area contributed by atoms with Crippen LogP contribution in [0.5, 0.6) is 5.75 Å². The number of carbonyl (C=O) groups is 1. The number of benzene rings is 2. The molecule has 0 aliphatic heterocycles. The molecule has 0 unspecified atom stereocenters. The number of nitrogens with zero attached hydrogens (tertiary/aromatic N) is 2. The van der Waals surface area contributed by atoms with Gasteiger partial charge in [-0.3, -0.25) is 10.5 Å². The van der Waals surface area contributed by atoms with Crippen molar-refractivity contribution in [3.05, 3.63) is 54.1 Å². The highest BCUT2D eigenvalue weighted by Crippen LogP contribution is 2.18. The molecule has 2 aromatic carbocycles. The van der Waals surface area contributed by atoms with Gasteiger partial charge in [-0.2, -0.15) is 0 Å². The molecule has 0 saturated carbocycles. The van der Waals surface area contributed by atoms with Crippen molar-refractivity contribution < 1.29 is 31.1 Å². The molecule has 0 amide bonds. The van der Waals surface area contributed by atoms with Gasteiger partial charge in [-0.15, -0.1) is 0 Å². The predicted molar refractivity (Wildman–Crippen MR) is 98.8 cm³/mol. The van der Waals surface area contributed by atoms with Crippen molar-refractivity contribution in [2.75, 3.05) is 12.8 Å². The van der Waals surface area contributed by atoms with Gasteiger partial charge < -0.3 is 21.7 Å². The zero-order chi connectivity index (χ0) is 17.8. The van der Waals surface area contributed by atoms with E-state index in [9.17, 15) is 4.79 Å². The number of halogens is 1. The monoisotopic (exact) mass is 417 g/mol. The average Bonchev–Trinajstić information content (AvgIpc) is 2.91. The fourth-order valence-electron chi connectivity index (χ4n) is 3.04. The van der Waals surface area contributed by atoms with Crippen molar-refractivity contribution in [2.45, 2.75) is 32.9 Å². The summed E-state index contributed by atoms with van der Waals surface area (Å²) in [7, 11) is 1.61. The summed E-state index contributed by atoms with van der Waals surface area (Å²) in [6.45, 7) is 3.23. The van der Waals surface area contributed by atoms with Crippen LogP contribution in [0.2, 0.25) is 0 Å². The van der Waals surface area contributed by atoms with E-state index >= 15 is 0 Å². The number of ether oxygens (including phenoxy) is 1. The van der Waals surface area contributed by atoms with Gasteiger partial charge in [0.15, 0.2) is 5.78 Å². The number of Topliss-reactive ketones (excluding diaryl/α,β-unsaturated/α-hetero) is 1. The Morgan fingerprint density at radius 1 is 1.15 bits per heavy atom. The molecule has 0 saturated heterocycles. The molecule has 138 valence electrons. The first-order valence-corrected chi connectivity index (χ1v) is 8.59. The number of unbranched alkanes of at least 4 members (excludes halogenated alkanes) is 1. The lowest BCUT2D eigenvalue weighted by molar-refractivity contribution is -0.642. The number of carbonyl (C=O) groups excluding carboxylic acids is 1. The molecular weight excluding hydrogens is 394 g/mol. The molecule has 26 heavy (non-hydrogen) atoms. The molecule has 3 rings (SSSR count). The van der Waals surface area contributed by atoms with Crippen LogP contribution in [0.25, 0.3) is 11.0 Å². The molecule has 3 aromatic rings. The van der Waals surface area contributed by atoms with E-state index in [1.54, 1.807) is 31.4 Å². The Balaban J connectivity index is 0.00000243. The van der Waals surface area contributed by atoms with Crippen LogP contribution in [0.1, 0.15) is 30.1 Å². The predicted octanol–water partition coefficient (Wildman–Crippen LogP) is 0.207. The maximum absolute atomic E-state index is 12.7. The Kier molecular flexibility index (Phi) is 6.80. The Morgan fingerprint density at radius 2 is 1.85 bits per heavy atom. The second-order valence-corrected chi connectivity index (χ2v) is 6.09. The first kappa shape index (κ1) is 20.0. The van der Waals surface area contributed by atoms with Crippen molar-refractivity contribution >= 4 is 22.8 Å². The van der Waals surface area contributed by atoms with Crippen LogP contribution in [0.3, 0.4) is 0 Å². The highest BCUT2D eigenvalue weighted by atomic mass is 79.9. The lowest BCUT2D eigenvalue weighted by Gasteiger charge is -2.04. The Morgan fingerprint density at radius 3 is 2.50 bits per heavy atom. The third kappa shape index (κ3) is 3.90. The quantitative estimate of drug-likeness (QED) is 0.441. The molecule has 0 atom stereocenters. The van der Waals surface area contributed by atoms with Crippen molar-refractivity contribution in [2.24, 2.45) is 0 Å². The second kappa shape index (κ2) is 8.85. The first-order chi connectivity index (χ1) is 12.2. The number of nitrogen functional groups attached to an aromatic ring is 1. The highest BCUT2D eigenvalue weighted by Gasteiger charge is 2.22. The number of hydrogen-bond acceptors (Lipinski definition) is 3. The molecule has 5 nitrogen and oxygen atoms in total. The van der Waals surface area contributed by atoms with E-state index in [2.05, 4.69) is 17.6 Å². The number of fused-ring (bicyclic) bond motifs is 1. The Labute approximate surface area is 164 Å². The van der Waals surface area contributed by atoms with E-state index in [-0.39, 0.29) is 29.3 Å². The first-order valence-electron chi connectivity index (χ1n) is 8.59. The van der Waals surface area contributed by atoms with Crippen molar-refractivity contribution in [1.82, 2.24) is 4.57 Å². The van der Waals surface area contributed by atoms with Crippen LogP contribution in [-0.4, -0.2) is 17.5 Å². The smallest absolute Gasteiger partial charge is 0.356 e. The second-order valence-electron chi connectivity index (χ2n) is 6.09. The minimum atomic E-state index is 0. The van der Waals surface area contributed by atoms with Crippen LogP contribution in [-0.2, 0) is 13.1 Å². The fraction of sp³-hybridized carbons (Fsp3) is 0.300. The van der Waals surface area contributed by atoms with E-state index in [4.69, 9.17) is 10.5 Å². The van der Waals surface area contributed by atoms with E-state index < -0.39 is 0 Å². The summed E-state index contributed by atoms with van der Waals surface area (Å²) in [5, 5.41) is 0. The zero-order valence-corrected chi connectivity index (χ0v) is 16.7. The van der Waals surface area contributed by atoms with E-state index in [0.717, 1.165) is 36.2 Å². The number of imidazole rings is 1. The van der Waals surface area contributed by atoms with Crippen LogP contribution in [0.15, 0.2) is 48.5 Å². The molecule has 1 heterocycles. The topological polar surface area (TPSA) is 61.1 Å². The van der Waals surface area contributed by atoms with Crippen LogP contribution < -0.4 is 32.0 Å². The average molecular weight is 418 g/mol. The SMILES string of the molecule is CCCCn1c(N)[n+](CC(=O)c2ccc(OC)cc2)c2ccccc21.[Br-]. The normalized spacial score (nSPS) is 10.5. The number of hydrogen-bond donors (Lipinski definition) is 1. The Hall–Kier alpha value is -2.34. The van der Waals surface area contributed by atoms with E-state index in [1.807, 2.05) is 22.8 Å². The number of aromatic nitrogens is 2. The molecule has 1 aromatic heterocycles. The van der Waals surface area contributed by atoms with Crippen molar-refractivity contribution in [3.8, 4) is 5.75 Å². The van der Waals surface area contributed by atoms with Crippen LogP contribution >= 0.6 is 0 Å². The van der Waals surface area contributed by atoms with Gasteiger partial charge in [-0.25, -0.2) is 9.13 Å². The Bertz CT molecular complexity index is 888. The lowest BCUT2D eigenvalue weighted by atomic mass is 10.1. The molecule has 0 aliphatic rings. The maximum Gasteiger partial charge on any atom is 0.356 e. The zero-order valence-electron chi connectivity index (χ0n) is 15.1. The number of aryl methyl sites for hydroxylation is 1.